The summed E-state index contributed by atoms with van der Waals surface area (Å²) in [6, 6.07) is 1.85. The third kappa shape index (κ3) is 5.37. The number of ether oxygens (including phenoxy) is 2. The number of pyridine rings is 1. The van der Waals surface area contributed by atoms with E-state index in [1.54, 1.807) is 0 Å². The molecule has 0 saturated heterocycles. The number of carbonyl (C=O) groups excluding carboxylic acids is 2. The number of hydrogen-bond donors (Lipinski definition) is 1. The molecule has 1 aromatic rings. The first-order chi connectivity index (χ1) is 10.9. The van der Waals surface area contributed by atoms with E-state index < -0.39 is 18.0 Å². The minimum atomic E-state index is -0.922. The molecule has 1 rings (SSSR count). The molecule has 1 heterocycles. The van der Waals surface area contributed by atoms with E-state index in [4.69, 9.17) is 11.6 Å². The molecule has 0 radical (unpaired) electrons. The van der Waals surface area contributed by atoms with Crippen molar-refractivity contribution in [1.29, 1.82) is 0 Å². The number of anilines is 1. The fourth-order valence-electron chi connectivity index (χ4n) is 1.70. The zero-order valence-corrected chi connectivity index (χ0v) is 13.6. The largest absolute Gasteiger partial charge is 0.469 e. The van der Waals surface area contributed by atoms with Crippen molar-refractivity contribution in [3.63, 3.8) is 0 Å². The van der Waals surface area contributed by atoms with Gasteiger partial charge >= 0.3 is 17.6 Å². The van der Waals surface area contributed by atoms with E-state index in [0.29, 0.717) is 0 Å². The van der Waals surface area contributed by atoms with E-state index in [1.165, 1.54) is 33.5 Å². The fraction of sp³-hybridized carbons (Fsp3) is 0.462. The maximum absolute atomic E-state index is 11.8. The highest BCUT2D eigenvalue weighted by atomic mass is 35.5. The first-order valence-corrected chi connectivity index (χ1v) is 6.89. The second-order valence-corrected chi connectivity index (χ2v) is 4.66. The van der Waals surface area contributed by atoms with Crippen molar-refractivity contribution in [1.82, 2.24) is 4.98 Å². The summed E-state index contributed by atoms with van der Waals surface area (Å²) in [4.78, 5) is 43.5. The minimum Gasteiger partial charge on any atom is -0.469 e. The van der Waals surface area contributed by atoms with Gasteiger partial charge in [-0.15, -0.1) is 0 Å². The smallest absolute Gasteiger partial charge is 0.358 e. The van der Waals surface area contributed by atoms with Crippen LogP contribution in [0.4, 0.5) is 11.5 Å². The summed E-state index contributed by atoms with van der Waals surface area (Å²) in [6.07, 6.45) is 0.0589. The average Bonchev–Trinajstić information content (AvgIpc) is 2.56. The maximum atomic E-state index is 11.8. The van der Waals surface area contributed by atoms with Gasteiger partial charge in [-0.05, 0) is 12.5 Å². The van der Waals surface area contributed by atoms with Crippen LogP contribution in [0, 0.1) is 4.91 Å². The van der Waals surface area contributed by atoms with Crippen molar-refractivity contribution < 1.29 is 28.8 Å². The second kappa shape index (κ2) is 8.89. The monoisotopic (exact) mass is 346 g/mol. The molecule has 9 nitrogen and oxygen atoms in total. The summed E-state index contributed by atoms with van der Waals surface area (Å²) in [5.41, 5.74) is 0.0175. The van der Waals surface area contributed by atoms with Gasteiger partial charge in [0.1, 0.15) is 11.2 Å². The van der Waals surface area contributed by atoms with Gasteiger partial charge in [-0.3, -0.25) is 4.79 Å². The summed E-state index contributed by atoms with van der Waals surface area (Å²) in [5, 5.41) is 2.84. The van der Waals surface area contributed by atoms with Crippen LogP contribution in [0.3, 0.4) is 0 Å². The summed E-state index contributed by atoms with van der Waals surface area (Å²) in [7, 11) is 3.63. The highest BCUT2D eigenvalue weighted by Gasteiger charge is 2.28. The van der Waals surface area contributed by atoms with E-state index in [9.17, 15) is 14.5 Å². The van der Waals surface area contributed by atoms with Crippen molar-refractivity contribution in [2.24, 2.45) is 0 Å². The zero-order chi connectivity index (χ0) is 17.4. The van der Waals surface area contributed by atoms with E-state index in [2.05, 4.69) is 24.6 Å². The predicted molar refractivity (Wildman–Crippen MR) is 80.2 cm³/mol. The summed E-state index contributed by atoms with van der Waals surface area (Å²) in [5.74, 6) is -1.09. The van der Waals surface area contributed by atoms with Crippen LogP contribution in [0.2, 0.25) is 5.15 Å². The Balaban J connectivity index is 3.02. The molecule has 0 aromatic carbocycles. The van der Waals surface area contributed by atoms with Crippen molar-refractivity contribution in [3.05, 3.63) is 22.2 Å². The molecule has 1 unspecified atom stereocenters. The third-order valence-corrected chi connectivity index (χ3v) is 3.07. The highest BCUT2D eigenvalue weighted by Crippen LogP contribution is 2.26. The Morgan fingerprint density at radius 1 is 1.30 bits per heavy atom. The topological polar surface area (TPSA) is 107 Å². The second-order valence-electron chi connectivity index (χ2n) is 4.28. The van der Waals surface area contributed by atoms with Gasteiger partial charge in [-0.25, -0.2) is 14.6 Å². The number of nitrogens with zero attached hydrogens (tertiary/aromatic N) is 2. The number of hydrogen-bond acceptors (Lipinski definition) is 8. The van der Waals surface area contributed by atoms with Gasteiger partial charge in [0.25, 0.3) is 4.92 Å². The lowest BCUT2D eigenvalue weighted by atomic mass is 10.1. The summed E-state index contributed by atoms with van der Waals surface area (Å²) >= 11 is 5.81. The number of nitrogens with one attached hydrogen (secondary N) is 1. The van der Waals surface area contributed by atoms with Crippen molar-refractivity contribution in [2.45, 2.75) is 18.9 Å². The van der Waals surface area contributed by atoms with Crippen LogP contribution < -0.4 is 5.32 Å². The molecule has 0 amide bonds. The summed E-state index contributed by atoms with van der Waals surface area (Å²) < 4.78 is 9.20. The number of halogens is 1. The predicted octanol–water partition coefficient (Wildman–Crippen LogP) is 1.61. The molecule has 10 heteroatoms. The highest BCUT2D eigenvalue weighted by molar-refractivity contribution is 6.29. The van der Waals surface area contributed by atoms with E-state index in [1.807, 2.05) is 0 Å². The van der Waals surface area contributed by atoms with Crippen LogP contribution in [0.5, 0.6) is 0 Å². The van der Waals surface area contributed by atoms with Gasteiger partial charge in [0.05, 0.1) is 19.1 Å². The summed E-state index contributed by atoms with van der Waals surface area (Å²) in [6.45, 7) is 0. The molecule has 0 bridgehead atoms. The Bertz CT molecular complexity index is 595. The molecule has 1 aromatic heterocycles. The van der Waals surface area contributed by atoms with Gasteiger partial charge in [-0.1, -0.05) is 11.6 Å². The molecule has 1 atom stereocenters. The lowest BCUT2D eigenvalue weighted by Gasteiger charge is -2.16. The normalized spacial score (nSPS) is 11.3. The van der Waals surface area contributed by atoms with Gasteiger partial charge < -0.3 is 14.8 Å². The molecule has 1 N–H and O–H groups in total. The van der Waals surface area contributed by atoms with Gasteiger partial charge in [0, 0.05) is 12.5 Å². The van der Waals surface area contributed by atoms with E-state index in [-0.39, 0.29) is 34.4 Å². The fourth-order valence-corrected chi connectivity index (χ4v) is 1.85. The molecule has 0 aliphatic carbocycles. The number of methoxy groups -OCH3 is 2. The Labute approximate surface area is 137 Å². The first kappa shape index (κ1) is 18.6. The average molecular weight is 347 g/mol. The van der Waals surface area contributed by atoms with Crippen molar-refractivity contribution in [3.8, 4) is 0 Å². The van der Waals surface area contributed by atoms with Crippen LogP contribution in [-0.2, 0) is 23.9 Å². The van der Waals surface area contributed by atoms with Gasteiger partial charge in [0.2, 0.25) is 5.82 Å². The van der Waals surface area contributed by atoms with Crippen LogP contribution in [0.15, 0.2) is 12.1 Å². The number of esters is 2. The van der Waals surface area contributed by atoms with Gasteiger partial charge in [0.15, 0.2) is 7.11 Å². The molecule has 0 fully saturated rings. The lowest BCUT2D eigenvalue weighted by molar-refractivity contribution is -0.736. The van der Waals surface area contributed by atoms with Crippen LogP contribution in [0.1, 0.15) is 12.8 Å². The zero-order valence-electron chi connectivity index (χ0n) is 12.9. The number of aromatic nitrogens is 1. The van der Waals surface area contributed by atoms with E-state index >= 15 is 0 Å². The Kier molecular flexibility index (Phi) is 7.20. The number of rotatable bonds is 8. The standard InChI is InChI=1S/C13H17ClN3O6/c1-21-11(18)7-4-8(13(19)22-2)15-12-9(17(20)23-3)5-6-10(14)16-12/h5-6,8H,4,7H2,1-3H3,(H,15,16)/q+1. The third-order valence-electron chi connectivity index (χ3n) is 2.86. The lowest BCUT2D eigenvalue weighted by Crippen LogP contribution is -2.32. The molecule has 23 heavy (non-hydrogen) atoms. The van der Waals surface area contributed by atoms with Crippen molar-refractivity contribution >= 4 is 35.0 Å². The quantitative estimate of drug-likeness (QED) is 0.430. The van der Waals surface area contributed by atoms with Crippen LogP contribution in [-0.4, -0.2) is 49.2 Å². The van der Waals surface area contributed by atoms with Gasteiger partial charge in [-0.2, -0.15) is 0 Å². The Hall–Kier alpha value is -2.42. The van der Waals surface area contributed by atoms with Crippen molar-refractivity contribution in [2.75, 3.05) is 26.6 Å². The molecular formula is C13H17ClN3O6+. The van der Waals surface area contributed by atoms with Crippen LogP contribution in [0.25, 0.3) is 0 Å². The molecule has 0 spiro atoms. The Morgan fingerprint density at radius 3 is 2.57 bits per heavy atom. The SMILES string of the molecule is COC(=O)CCC(Nc1nc(Cl)ccc1[N+](=O)OC)C(=O)OC. The first-order valence-electron chi connectivity index (χ1n) is 6.52. The molecule has 0 aliphatic rings. The minimum absolute atomic E-state index is 0.0175. The maximum Gasteiger partial charge on any atom is 0.358 e. The number of carbonyl (C=O) groups is 2. The molecule has 126 valence electrons. The molecule has 0 aliphatic heterocycles. The van der Waals surface area contributed by atoms with Crippen LogP contribution >= 0.6 is 11.6 Å². The molecular weight excluding hydrogens is 330 g/mol. The van der Waals surface area contributed by atoms with E-state index in [0.717, 1.165) is 0 Å². The molecule has 0 saturated carbocycles. The Morgan fingerprint density at radius 2 is 2.00 bits per heavy atom.